The third-order valence-electron chi connectivity index (χ3n) is 2.38. The van der Waals surface area contributed by atoms with Gasteiger partial charge in [0.1, 0.15) is 0 Å². The van der Waals surface area contributed by atoms with Gasteiger partial charge in [-0.3, -0.25) is 4.68 Å². The second-order valence-corrected chi connectivity index (χ2v) is 4.66. The first kappa shape index (κ1) is 13.3. The molecule has 1 N–H and O–H groups in total. The van der Waals surface area contributed by atoms with Gasteiger partial charge in [-0.25, -0.2) is 4.98 Å². The third kappa shape index (κ3) is 4.24. The molecule has 0 aliphatic rings. The summed E-state index contributed by atoms with van der Waals surface area (Å²) >= 11 is 0. The lowest BCUT2D eigenvalue weighted by atomic mass is 10.3. The predicted octanol–water partition coefficient (Wildman–Crippen LogP) is 1.96. The Kier molecular flexibility index (Phi) is 4.33. The molecule has 1 unspecified atom stereocenters. The van der Waals surface area contributed by atoms with E-state index in [0.29, 0.717) is 11.8 Å². The van der Waals surface area contributed by atoms with Crippen LogP contribution in [0.25, 0.3) is 0 Å². The van der Waals surface area contributed by atoms with Crippen molar-refractivity contribution < 1.29 is 4.74 Å². The number of ether oxygens (including phenoxy) is 1. The summed E-state index contributed by atoms with van der Waals surface area (Å²) in [5.74, 6) is 1.15. The van der Waals surface area contributed by atoms with E-state index in [4.69, 9.17) is 4.74 Å². The zero-order chi connectivity index (χ0) is 13.7. The maximum atomic E-state index is 5.53. The Bertz CT molecular complexity index is 497. The standard InChI is InChI=1S/C13H19N5O/c1-10(2)19-12-5-7-14-13(17-12)16-11(3)9-18-8-4-6-15-18/h4-8,10-11H,9H2,1-3H3,(H,14,16,17). The topological polar surface area (TPSA) is 64.9 Å². The van der Waals surface area contributed by atoms with E-state index in [1.165, 1.54) is 0 Å². The molecule has 19 heavy (non-hydrogen) atoms. The van der Waals surface area contributed by atoms with E-state index in [2.05, 4.69) is 27.3 Å². The van der Waals surface area contributed by atoms with Gasteiger partial charge >= 0.3 is 0 Å². The SMILES string of the molecule is CC(Cn1cccn1)Nc1nccc(OC(C)C)n1. The number of rotatable bonds is 6. The Morgan fingerprint density at radius 1 is 1.32 bits per heavy atom. The summed E-state index contributed by atoms with van der Waals surface area (Å²) in [6, 6.07) is 3.83. The van der Waals surface area contributed by atoms with Gasteiger partial charge in [0.2, 0.25) is 11.8 Å². The minimum absolute atomic E-state index is 0.101. The van der Waals surface area contributed by atoms with Crippen molar-refractivity contribution in [3.63, 3.8) is 0 Å². The smallest absolute Gasteiger partial charge is 0.226 e. The predicted molar refractivity (Wildman–Crippen MR) is 73.1 cm³/mol. The maximum Gasteiger partial charge on any atom is 0.226 e. The second kappa shape index (κ2) is 6.17. The van der Waals surface area contributed by atoms with Gasteiger partial charge in [0, 0.05) is 30.7 Å². The lowest BCUT2D eigenvalue weighted by molar-refractivity contribution is 0.232. The summed E-state index contributed by atoms with van der Waals surface area (Å²) in [5.41, 5.74) is 0. The highest BCUT2D eigenvalue weighted by molar-refractivity contribution is 5.28. The van der Waals surface area contributed by atoms with Gasteiger partial charge in [0.05, 0.1) is 12.6 Å². The molecule has 2 rings (SSSR count). The van der Waals surface area contributed by atoms with Crippen molar-refractivity contribution in [1.29, 1.82) is 0 Å². The molecular weight excluding hydrogens is 242 g/mol. The highest BCUT2D eigenvalue weighted by Crippen LogP contribution is 2.11. The normalized spacial score (nSPS) is 12.4. The summed E-state index contributed by atoms with van der Waals surface area (Å²) in [7, 11) is 0. The average Bonchev–Trinajstić information content (AvgIpc) is 2.81. The number of nitrogens with zero attached hydrogens (tertiary/aromatic N) is 4. The third-order valence-corrected chi connectivity index (χ3v) is 2.38. The largest absolute Gasteiger partial charge is 0.475 e. The molecule has 2 heterocycles. The van der Waals surface area contributed by atoms with Crippen molar-refractivity contribution in [3.8, 4) is 5.88 Å². The number of hydrogen-bond donors (Lipinski definition) is 1. The van der Waals surface area contributed by atoms with Gasteiger partial charge in [-0.2, -0.15) is 10.1 Å². The van der Waals surface area contributed by atoms with Gasteiger partial charge in [0.15, 0.2) is 0 Å². The molecule has 6 nitrogen and oxygen atoms in total. The summed E-state index contributed by atoms with van der Waals surface area (Å²) in [6.45, 7) is 6.75. The molecule has 0 radical (unpaired) electrons. The average molecular weight is 261 g/mol. The zero-order valence-electron chi connectivity index (χ0n) is 11.4. The highest BCUT2D eigenvalue weighted by Gasteiger charge is 2.07. The van der Waals surface area contributed by atoms with E-state index in [0.717, 1.165) is 6.54 Å². The number of hydrogen-bond acceptors (Lipinski definition) is 5. The lowest BCUT2D eigenvalue weighted by Gasteiger charge is -2.15. The summed E-state index contributed by atoms with van der Waals surface area (Å²) in [4.78, 5) is 8.49. The Hall–Kier alpha value is -2.11. The Morgan fingerprint density at radius 2 is 2.16 bits per heavy atom. The van der Waals surface area contributed by atoms with Crippen LogP contribution >= 0.6 is 0 Å². The first-order chi connectivity index (χ1) is 9.13. The van der Waals surface area contributed by atoms with Crippen molar-refractivity contribution in [3.05, 3.63) is 30.7 Å². The van der Waals surface area contributed by atoms with Crippen LogP contribution in [-0.2, 0) is 6.54 Å². The molecule has 6 heteroatoms. The van der Waals surface area contributed by atoms with E-state index in [9.17, 15) is 0 Å². The number of nitrogens with one attached hydrogen (secondary N) is 1. The lowest BCUT2D eigenvalue weighted by Crippen LogP contribution is -2.23. The Morgan fingerprint density at radius 3 is 2.84 bits per heavy atom. The molecule has 2 aromatic heterocycles. The Balaban J connectivity index is 1.94. The van der Waals surface area contributed by atoms with Crippen LogP contribution in [0.2, 0.25) is 0 Å². The van der Waals surface area contributed by atoms with Gasteiger partial charge in [0.25, 0.3) is 0 Å². The molecule has 0 saturated heterocycles. The van der Waals surface area contributed by atoms with E-state index >= 15 is 0 Å². The number of aromatic nitrogens is 4. The van der Waals surface area contributed by atoms with Crippen LogP contribution in [0.4, 0.5) is 5.95 Å². The molecule has 0 fully saturated rings. The number of anilines is 1. The molecule has 0 saturated carbocycles. The fourth-order valence-corrected chi connectivity index (χ4v) is 1.67. The molecule has 2 aromatic rings. The van der Waals surface area contributed by atoms with E-state index in [1.807, 2.05) is 30.8 Å². The van der Waals surface area contributed by atoms with Gasteiger partial charge in [-0.05, 0) is 26.8 Å². The molecule has 0 spiro atoms. The molecule has 1 atom stereocenters. The quantitative estimate of drug-likeness (QED) is 0.861. The van der Waals surface area contributed by atoms with Crippen molar-refractivity contribution in [1.82, 2.24) is 19.7 Å². The van der Waals surface area contributed by atoms with E-state index in [-0.39, 0.29) is 12.1 Å². The first-order valence-corrected chi connectivity index (χ1v) is 6.37. The van der Waals surface area contributed by atoms with Crippen LogP contribution in [-0.4, -0.2) is 31.9 Å². The van der Waals surface area contributed by atoms with Crippen LogP contribution in [0.1, 0.15) is 20.8 Å². The van der Waals surface area contributed by atoms with Gasteiger partial charge < -0.3 is 10.1 Å². The minimum Gasteiger partial charge on any atom is -0.475 e. The first-order valence-electron chi connectivity index (χ1n) is 6.37. The van der Waals surface area contributed by atoms with E-state index < -0.39 is 0 Å². The van der Waals surface area contributed by atoms with Crippen LogP contribution in [0, 0.1) is 0 Å². The van der Waals surface area contributed by atoms with Crippen LogP contribution < -0.4 is 10.1 Å². The molecular formula is C13H19N5O. The summed E-state index contributed by atoms with van der Waals surface area (Å²) in [6.07, 6.45) is 5.48. The van der Waals surface area contributed by atoms with Crippen LogP contribution in [0.3, 0.4) is 0 Å². The van der Waals surface area contributed by atoms with Crippen molar-refractivity contribution in [2.45, 2.75) is 39.5 Å². The van der Waals surface area contributed by atoms with Crippen molar-refractivity contribution in [2.75, 3.05) is 5.32 Å². The van der Waals surface area contributed by atoms with Crippen LogP contribution in [0.15, 0.2) is 30.7 Å². The molecule has 0 aliphatic heterocycles. The maximum absolute atomic E-state index is 5.53. The summed E-state index contributed by atoms with van der Waals surface area (Å²) < 4.78 is 7.40. The van der Waals surface area contributed by atoms with Gasteiger partial charge in [-0.15, -0.1) is 0 Å². The molecule has 0 aromatic carbocycles. The Labute approximate surface area is 112 Å². The summed E-state index contributed by atoms with van der Waals surface area (Å²) in [5, 5.41) is 7.40. The van der Waals surface area contributed by atoms with Crippen molar-refractivity contribution in [2.24, 2.45) is 0 Å². The fraction of sp³-hybridized carbons (Fsp3) is 0.462. The van der Waals surface area contributed by atoms with Crippen molar-refractivity contribution >= 4 is 5.95 Å². The van der Waals surface area contributed by atoms with E-state index in [1.54, 1.807) is 18.5 Å². The fourth-order valence-electron chi connectivity index (χ4n) is 1.67. The highest BCUT2D eigenvalue weighted by atomic mass is 16.5. The van der Waals surface area contributed by atoms with Gasteiger partial charge in [-0.1, -0.05) is 0 Å². The van der Waals surface area contributed by atoms with Crippen LogP contribution in [0.5, 0.6) is 5.88 Å². The molecule has 102 valence electrons. The zero-order valence-corrected chi connectivity index (χ0v) is 11.4. The molecule has 0 aliphatic carbocycles. The monoisotopic (exact) mass is 261 g/mol. The second-order valence-electron chi connectivity index (χ2n) is 4.66. The minimum atomic E-state index is 0.101. The molecule has 0 bridgehead atoms. The molecule has 0 amide bonds.